The number of hydrogen-bond donors (Lipinski definition) is 4. The molecule has 1 saturated heterocycles. The van der Waals surface area contributed by atoms with Crippen molar-refractivity contribution in [3.8, 4) is 0 Å². The van der Waals surface area contributed by atoms with Gasteiger partial charge in [-0.3, -0.25) is 0 Å². The zero-order chi connectivity index (χ0) is 19.3. The van der Waals surface area contributed by atoms with Crippen LogP contribution >= 0.6 is 11.6 Å². The molecule has 0 amide bonds. The number of aliphatic carboxylic acids is 2. The quantitative estimate of drug-likeness (QED) is 0.600. The summed E-state index contributed by atoms with van der Waals surface area (Å²) in [7, 11) is 0. The van der Waals surface area contributed by atoms with Crippen LogP contribution in [0.5, 0.6) is 0 Å². The lowest BCUT2D eigenvalue weighted by atomic mass is 9.93. The van der Waals surface area contributed by atoms with Gasteiger partial charge in [-0.15, -0.1) is 0 Å². The molecule has 1 aromatic carbocycles. The number of benzene rings is 1. The van der Waals surface area contributed by atoms with Gasteiger partial charge in [0.1, 0.15) is 0 Å². The fraction of sp³-hybridized carbons (Fsp3) is 0.412. The molecule has 1 heterocycles. The zero-order valence-corrected chi connectivity index (χ0v) is 14.9. The van der Waals surface area contributed by atoms with Gasteiger partial charge in [-0.05, 0) is 32.9 Å². The van der Waals surface area contributed by atoms with Gasteiger partial charge in [-0.25, -0.2) is 9.59 Å². The van der Waals surface area contributed by atoms with E-state index in [1.54, 1.807) is 24.3 Å². The van der Waals surface area contributed by atoms with Crippen LogP contribution in [0.25, 0.3) is 0 Å². The maximum absolute atomic E-state index is 10.6. The number of morpholine rings is 1. The van der Waals surface area contributed by atoms with Gasteiger partial charge in [0.15, 0.2) is 0 Å². The van der Waals surface area contributed by atoms with Crippen LogP contribution in [0.3, 0.4) is 0 Å². The van der Waals surface area contributed by atoms with Gasteiger partial charge in [0.2, 0.25) is 5.79 Å². The van der Waals surface area contributed by atoms with Gasteiger partial charge in [-0.1, -0.05) is 23.7 Å². The fourth-order valence-electron chi connectivity index (χ4n) is 2.31. The second-order valence-electron chi connectivity index (χ2n) is 6.25. The van der Waals surface area contributed by atoms with E-state index >= 15 is 0 Å². The Morgan fingerprint density at radius 2 is 1.68 bits per heavy atom. The first-order valence-electron chi connectivity index (χ1n) is 7.50. The van der Waals surface area contributed by atoms with Gasteiger partial charge in [-0.2, -0.15) is 0 Å². The normalized spacial score (nSPS) is 25.1. The number of hydrogen-bond acceptors (Lipinski definition) is 5. The summed E-state index contributed by atoms with van der Waals surface area (Å²) in [5.41, 5.74) is 0.593. The minimum atomic E-state index is -1.29. The van der Waals surface area contributed by atoms with Crippen molar-refractivity contribution in [1.82, 2.24) is 5.32 Å². The Balaban J connectivity index is 0.000000333. The lowest BCUT2D eigenvalue weighted by Crippen LogP contribution is -2.63. The maximum Gasteiger partial charge on any atom is 0.328 e. The summed E-state index contributed by atoms with van der Waals surface area (Å²) >= 11 is 5.84. The van der Waals surface area contributed by atoms with E-state index < -0.39 is 17.7 Å². The number of aliphatic hydroxyl groups is 1. The first-order valence-corrected chi connectivity index (χ1v) is 7.88. The molecule has 0 radical (unpaired) electrons. The van der Waals surface area contributed by atoms with Crippen LogP contribution in [0.1, 0.15) is 26.3 Å². The predicted octanol–water partition coefficient (Wildman–Crippen LogP) is 1.98. The molecule has 0 spiro atoms. The summed E-state index contributed by atoms with van der Waals surface area (Å²) in [5.74, 6) is -3.81. The molecule has 138 valence electrons. The first-order chi connectivity index (χ1) is 11.5. The van der Waals surface area contributed by atoms with Crippen molar-refractivity contribution in [2.45, 2.75) is 38.1 Å². The third-order valence-electron chi connectivity index (χ3n) is 3.47. The molecule has 2 atom stereocenters. The third-order valence-corrected chi connectivity index (χ3v) is 3.73. The van der Waals surface area contributed by atoms with Crippen molar-refractivity contribution >= 4 is 23.5 Å². The number of carboxylic acid groups (broad SMARTS) is 2. The number of rotatable bonds is 3. The molecule has 0 aliphatic carbocycles. The van der Waals surface area contributed by atoms with Crippen LogP contribution in [0.2, 0.25) is 5.02 Å². The van der Waals surface area contributed by atoms with E-state index in [9.17, 15) is 14.7 Å². The molecule has 7 nitrogen and oxygen atoms in total. The van der Waals surface area contributed by atoms with E-state index in [0.717, 1.165) is 5.56 Å². The molecular weight excluding hydrogens is 350 g/mol. The van der Waals surface area contributed by atoms with Gasteiger partial charge >= 0.3 is 11.9 Å². The van der Waals surface area contributed by atoms with Crippen LogP contribution in [-0.4, -0.2) is 45.4 Å². The highest BCUT2D eigenvalue weighted by Crippen LogP contribution is 2.33. The molecule has 0 saturated carbocycles. The summed E-state index contributed by atoms with van der Waals surface area (Å²) in [6, 6.07) is 6.90. The Bertz CT molecular complexity index is 627. The van der Waals surface area contributed by atoms with Gasteiger partial charge in [0.05, 0.1) is 12.6 Å². The summed E-state index contributed by atoms with van der Waals surface area (Å²) < 4.78 is 5.67. The van der Waals surface area contributed by atoms with Gasteiger partial charge < -0.3 is 25.4 Å². The van der Waals surface area contributed by atoms with Crippen LogP contribution < -0.4 is 5.32 Å². The molecule has 0 bridgehead atoms. The number of halogens is 1. The van der Waals surface area contributed by atoms with Crippen molar-refractivity contribution in [3.05, 3.63) is 47.0 Å². The van der Waals surface area contributed by atoms with Gasteiger partial charge in [0, 0.05) is 28.3 Å². The molecule has 4 N–H and O–H groups in total. The lowest BCUT2D eigenvalue weighted by Gasteiger charge is -2.46. The Morgan fingerprint density at radius 3 is 2.08 bits per heavy atom. The molecule has 1 aromatic rings. The largest absolute Gasteiger partial charge is 0.478 e. The SMILES string of the molecule is C[C@@H]1NC(C)(C)CO[C@@]1(O)c1ccc(Cl)cc1.O=C(O)/C=C/C(=O)O. The van der Waals surface area contributed by atoms with Gasteiger partial charge in [0.25, 0.3) is 0 Å². The number of nitrogens with one attached hydrogen (secondary N) is 1. The van der Waals surface area contributed by atoms with E-state index in [0.29, 0.717) is 23.8 Å². The topological polar surface area (TPSA) is 116 Å². The molecule has 2 rings (SSSR count). The molecule has 1 fully saturated rings. The highest BCUT2D eigenvalue weighted by molar-refractivity contribution is 6.30. The average molecular weight is 372 g/mol. The zero-order valence-electron chi connectivity index (χ0n) is 14.2. The molecule has 1 aliphatic rings. The van der Waals surface area contributed by atoms with Crippen molar-refractivity contribution in [3.63, 3.8) is 0 Å². The fourth-order valence-corrected chi connectivity index (χ4v) is 2.43. The molecular formula is C17H22ClNO6. The van der Waals surface area contributed by atoms with E-state index in [4.69, 9.17) is 26.6 Å². The maximum atomic E-state index is 10.6. The van der Waals surface area contributed by atoms with Crippen LogP contribution in [0.4, 0.5) is 0 Å². The van der Waals surface area contributed by atoms with E-state index in [2.05, 4.69) is 5.32 Å². The van der Waals surface area contributed by atoms with Crippen LogP contribution in [-0.2, 0) is 20.1 Å². The second-order valence-corrected chi connectivity index (χ2v) is 6.69. The highest BCUT2D eigenvalue weighted by Gasteiger charge is 2.44. The Hall–Kier alpha value is -1.93. The average Bonchev–Trinajstić information content (AvgIpc) is 2.50. The first kappa shape index (κ1) is 21.1. The summed E-state index contributed by atoms with van der Waals surface area (Å²) in [4.78, 5) is 19.1. The number of ether oxygens (including phenoxy) is 1. The highest BCUT2D eigenvalue weighted by atomic mass is 35.5. The van der Waals surface area contributed by atoms with Crippen molar-refractivity contribution in [2.75, 3.05) is 6.61 Å². The minimum absolute atomic E-state index is 0.127. The van der Waals surface area contributed by atoms with Crippen molar-refractivity contribution in [2.24, 2.45) is 0 Å². The molecule has 25 heavy (non-hydrogen) atoms. The van der Waals surface area contributed by atoms with Crippen LogP contribution in [0, 0.1) is 0 Å². The summed E-state index contributed by atoms with van der Waals surface area (Å²) in [5, 5.41) is 30.2. The van der Waals surface area contributed by atoms with Crippen LogP contribution in [0.15, 0.2) is 36.4 Å². The minimum Gasteiger partial charge on any atom is -0.478 e. The second kappa shape index (κ2) is 8.44. The smallest absolute Gasteiger partial charge is 0.328 e. The molecule has 0 unspecified atom stereocenters. The Kier molecular flexibility index (Phi) is 7.13. The van der Waals surface area contributed by atoms with E-state index in [-0.39, 0.29) is 11.6 Å². The molecule has 0 aromatic heterocycles. The summed E-state index contributed by atoms with van der Waals surface area (Å²) in [6.07, 6.45) is 1.12. The Labute approximate surface area is 150 Å². The third kappa shape index (κ3) is 6.47. The van der Waals surface area contributed by atoms with E-state index in [1.165, 1.54) is 0 Å². The van der Waals surface area contributed by atoms with E-state index in [1.807, 2.05) is 20.8 Å². The van der Waals surface area contributed by atoms with Crippen molar-refractivity contribution < 1.29 is 29.6 Å². The summed E-state index contributed by atoms with van der Waals surface area (Å²) in [6.45, 7) is 6.46. The number of carboxylic acids is 2. The molecule has 8 heteroatoms. The monoisotopic (exact) mass is 371 g/mol. The number of carbonyl (C=O) groups is 2. The Morgan fingerprint density at radius 1 is 1.20 bits per heavy atom. The standard InChI is InChI=1S/C13H18ClNO2.C4H4O4/c1-9-13(16,17-8-12(2,3)15-9)10-4-6-11(14)7-5-10;5-3(6)1-2-4(7)8/h4-7,9,15-16H,8H2,1-3H3;1-2H,(H,5,6)(H,7,8)/b;2-1+/t9-,13+;/m0./s1. The van der Waals surface area contributed by atoms with Crippen molar-refractivity contribution in [1.29, 1.82) is 0 Å². The predicted molar refractivity (Wildman–Crippen MR) is 92.4 cm³/mol. The lowest BCUT2D eigenvalue weighted by molar-refractivity contribution is -0.263. The molecule has 1 aliphatic heterocycles.